The molecule has 0 atom stereocenters. The number of ketones is 1. The Morgan fingerprint density at radius 2 is 1.12 bits per heavy atom. The third-order valence-corrected chi connectivity index (χ3v) is 5.12. The van der Waals surface area contributed by atoms with Crippen molar-refractivity contribution in [3.05, 3.63) is 67.4 Å². The molecule has 2 aromatic rings. The van der Waals surface area contributed by atoms with Gasteiger partial charge in [0, 0.05) is 21.0 Å². The van der Waals surface area contributed by atoms with Gasteiger partial charge in [0.15, 0.2) is 5.78 Å². The number of azide groups is 2. The Balaban J connectivity index is 2.90. The summed E-state index contributed by atoms with van der Waals surface area (Å²) in [6.45, 7) is 12.2. The number of ether oxygens (including phenoxy) is 2. The predicted molar refractivity (Wildman–Crippen MR) is 133 cm³/mol. The minimum Gasteiger partial charge on any atom is -0.496 e. The summed E-state index contributed by atoms with van der Waals surface area (Å²) in [7, 11) is 2.98. The van der Waals surface area contributed by atoms with Crippen LogP contribution in [0.4, 0.5) is 11.4 Å². The fourth-order valence-electron chi connectivity index (χ4n) is 3.86. The first-order valence-corrected chi connectivity index (χ1v) is 10.9. The highest BCUT2D eigenvalue weighted by molar-refractivity contribution is 6.12. The zero-order chi connectivity index (χ0) is 25.7. The molecule has 0 aliphatic carbocycles. The molecule has 0 radical (unpaired) electrons. The van der Waals surface area contributed by atoms with Gasteiger partial charge in [0.1, 0.15) is 11.5 Å². The van der Waals surface area contributed by atoms with Gasteiger partial charge in [-0.1, -0.05) is 51.8 Å². The van der Waals surface area contributed by atoms with Crippen LogP contribution >= 0.6 is 0 Å². The lowest BCUT2D eigenvalue weighted by Gasteiger charge is -2.25. The molecule has 0 N–H and O–H groups in total. The van der Waals surface area contributed by atoms with E-state index in [9.17, 15) is 15.9 Å². The summed E-state index contributed by atoms with van der Waals surface area (Å²) in [5.41, 5.74) is 20.6. The Morgan fingerprint density at radius 1 is 0.765 bits per heavy atom. The van der Waals surface area contributed by atoms with Crippen molar-refractivity contribution in [1.29, 1.82) is 0 Å². The molecule has 0 amide bonds. The van der Waals surface area contributed by atoms with Crippen molar-refractivity contribution in [3.63, 3.8) is 0 Å². The maximum atomic E-state index is 14.0. The molecule has 0 unspecified atom stereocenters. The van der Waals surface area contributed by atoms with E-state index >= 15 is 0 Å². The van der Waals surface area contributed by atoms with Gasteiger partial charge in [0.05, 0.1) is 25.6 Å². The van der Waals surface area contributed by atoms with E-state index < -0.39 is 0 Å². The quantitative estimate of drug-likeness (QED) is 0.169. The molecule has 0 aliphatic rings. The van der Waals surface area contributed by atoms with Crippen molar-refractivity contribution in [1.82, 2.24) is 0 Å². The van der Waals surface area contributed by atoms with Gasteiger partial charge in [0.25, 0.3) is 0 Å². The van der Waals surface area contributed by atoms with Crippen LogP contribution in [0.1, 0.15) is 68.6 Å². The summed E-state index contributed by atoms with van der Waals surface area (Å²) in [5.74, 6) is 0.536. The third-order valence-electron chi connectivity index (χ3n) is 5.12. The molecule has 34 heavy (non-hydrogen) atoms. The molecule has 180 valence electrons. The molecule has 0 saturated heterocycles. The average molecular weight is 465 g/mol. The minimum atomic E-state index is -0.257. The molecule has 2 aromatic carbocycles. The summed E-state index contributed by atoms with van der Waals surface area (Å²) in [6, 6.07) is 6.64. The molecule has 0 heterocycles. The fraction of sp³-hybridized carbons (Fsp3) is 0.480. The summed E-state index contributed by atoms with van der Waals surface area (Å²) >= 11 is 0. The monoisotopic (exact) mass is 464 g/mol. The van der Waals surface area contributed by atoms with E-state index in [1.54, 1.807) is 24.3 Å². The van der Waals surface area contributed by atoms with E-state index in [0.717, 1.165) is 0 Å². The fourth-order valence-corrected chi connectivity index (χ4v) is 3.86. The van der Waals surface area contributed by atoms with Crippen LogP contribution in [0.25, 0.3) is 20.9 Å². The number of carbonyl (C=O) groups is 1. The summed E-state index contributed by atoms with van der Waals surface area (Å²) < 4.78 is 10.8. The Bertz CT molecular complexity index is 1090. The van der Waals surface area contributed by atoms with Crippen LogP contribution in [-0.4, -0.2) is 20.0 Å². The largest absolute Gasteiger partial charge is 0.496 e. The number of hydrogen-bond acceptors (Lipinski definition) is 5. The predicted octanol–water partition coefficient (Wildman–Crippen LogP) is 8.00. The first-order valence-electron chi connectivity index (χ1n) is 10.9. The molecule has 9 nitrogen and oxygen atoms in total. The Labute approximate surface area is 200 Å². The zero-order valence-corrected chi connectivity index (χ0v) is 21.1. The first-order chi connectivity index (χ1) is 15.9. The molecule has 9 heteroatoms. The maximum absolute atomic E-state index is 14.0. The van der Waals surface area contributed by atoms with Crippen LogP contribution in [0.3, 0.4) is 0 Å². The number of carbonyl (C=O) groups excluding carboxylic acids is 1. The number of nitrogens with zero attached hydrogens (tertiary/aromatic N) is 6. The molecule has 0 aromatic heterocycles. The second kappa shape index (κ2) is 10.5. The number of rotatable bonds is 8. The van der Waals surface area contributed by atoms with Gasteiger partial charge >= 0.3 is 0 Å². The van der Waals surface area contributed by atoms with Crippen LogP contribution in [0.15, 0.2) is 34.5 Å². The van der Waals surface area contributed by atoms with Crippen LogP contribution < -0.4 is 9.47 Å². The molecular formula is C25H32N6O3. The van der Waals surface area contributed by atoms with E-state index in [4.69, 9.17) is 9.47 Å². The van der Waals surface area contributed by atoms with E-state index in [1.165, 1.54) is 14.2 Å². The van der Waals surface area contributed by atoms with E-state index in [-0.39, 0.29) is 16.6 Å². The molecule has 0 saturated carbocycles. The Kier molecular flexibility index (Phi) is 8.22. The van der Waals surface area contributed by atoms with Crippen molar-refractivity contribution in [3.8, 4) is 11.5 Å². The highest BCUT2D eigenvalue weighted by Crippen LogP contribution is 2.42. The standard InChI is InChI=1S/C25H32N6O3/c1-24(2,3)13-17-15(9-11-19(33-7)21(17)28-30-26)23(32)16-10-12-20(34-8)22(29-31-27)18(16)14-25(4,5)6/h9-12H,13-14H2,1-8H3. The third kappa shape index (κ3) is 6.22. The maximum Gasteiger partial charge on any atom is 0.193 e. The normalized spacial score (nSPS) is 11.3. The number of benzene rings is 2. The van der Waals surface area contributed by atoms with Gasteiger partial charge in [0.2, 0.25) is 0 Å². The van der Waals surface area contributed by atoms with Crippen molar-refractivity contribution < 1.29 is 14.3 Å². The molecule has 0 fully saturated rings. The molecule has 2 rings (SSSR count). The van der Waals surface area contributed by atoms with E-state index in [0.29, 0.717) is 58.0 Å². The van der Waals surface area contributed by atoms with Crippen molar-refractivity contribution in [2.45, 2.75) is 54.4 Å². The van der Waals surface area contributed by atoms with Crippen molar-refractivity contribution in [2.24, 2.45) is 21.1 Å². The van der Waals surface area contributed by atoms with Crippen LogP contribution in [-0.2, 0) is 12.8 Å². The summed E-state index contributed by atoms with van der Waals surface area (Å²) in [4.78, 5) is 20.0. The average Bonchev–Trinajstić information content (AvgIpc) is 2.73. The molecular weight excluding hydrogens is 432 g/mol. The van der Waals surface area contributed by atoms with Crippen molar-refractivity contribution >= 4 is 17.2 Å². The molecule has 0 aliphatic heterocycles. The second-order valence-electron chi connectivity index (χ2n) is 10.5. The highest BCUT2D eigenvalue weighted by Gasteiger charge is 2.27. The van der Waals surface area contributed by atoms with E-state index in [1.807, 2.05) is 41.5 Å². The molecule has 0 bridgehead atoms. The van der Waals surface area contributed by atoms with Gasteiger partial charge in [-0.25, -0.2) is 0 Å². The van der Waals surface area contributed by atoms with Crippen LogP contribution in [0, 0.1) is 10.8 Å². The lowest BCUT2D eigenvalue weighted by Crippen LogP contribution is -2.17. The topological polar surface area (TPSA) is 133 Å². The Hall–Kier alpha value is -3.67. The van der Waals surface area contributed by atoms with Gasteiger partial charge < -0.3 is 9.47 Å². The minimum absolute atomic E-state index is 0.203. The van der Waals surface area contributed by atoms with Gasteiger partial charge in [-0.05, 0) is 70.1 Å². The number of hydrogen-bond donors (Lipinski definition) is 0. The zero-order valence-electron chi connectivity index (χ0n) is 21.1. The van der Waals surface area contributed by atoms with Gasteiger partial charge in [-0.3, -0.25) is 4.79 Å². The lowest BCUT2D eigenvalue weighted by molar-refractivity contribution is 0.103. The van der Waals surface area contributed by atoms with Crippen molar-refractivity contribution in [2.75, 3.05) is 14.2 Å². The lowest BCUT2D eigenvalue weighted by atomic mass is 9.81. The second-order valence-corrected chi connectivity index (χ2v) is 10.5. The van der Waals surface area contributed by atoms with Gasteiger partial charge in [-0.15, -0.1) is 0 Å². The SMILES string of the molecule is COc1ccc(C(=O)c2ccc(OC)c(N=[N+]=[N-])c2CC(C)(C)C)c(CC(C)(C)C)c1N=[N+]=[N-]. The molecule has 0 spiro atoms. The van der Waals surface area contributed by atoms with Crippen LogP contribution in [0.5, 0.6) is 11.5 Å². The van der Waals surface area contributed by atoms with Gasteiger partial charge in [-0.2, -0.15) is 0 Å². The number of methoxy groups -OCH3 is 2. The van der Waals surface area contributed by atoms with E-state index in [2.05, 4.69) is 20.1 Å². The smallest absolute Gasteiger partial charge is 0.193 e. The summed E-state index contributed by atoms with van der Waals surface area (Å²) in [5, 5.41) is 7.74. The summed E-state index contributed by atoms with van der Waals surface area (Å²) in [6.07, 6.45) is 0.960. The first kappa shape index (κ1) is 26.6. The Morgan fingerprint density at radius 3 is 1.38 bits per heavy atom. The highest BCUT2D eigenvalue weighted by atomic mass is 16.5. The van der Waals surface area contributed by atoms with Crippen LogP contribution in [0.2, 0.25) is 0 Å².